The van der Waals surface area contributed by atoms with Crippen molar-refractivity contribution in [3.05, 3.63) is 161 Å². The van der Waals surface area contributed by atoms with Gasteiger partial charge in [0.15, 0.2) is 6.29 Å². The first-order chi connectivity index (χ1) is 21.7. The number of nitrogens with one attached hydrogen (secondary N) is 1. The van der Waals surface area contributed by atoms with Crippen molar-refractivity contribution in [2.75, 3.05) is 5.75 Å². The molecule has 1 fully saturated rings. The third kappa shape index (κ3) is 7.47. The van der Waals surface area contributed by atoms with Crippen LogP contribution in [0.2, 0.25) is 0 Å². The van der Waals surface area contributed by atoms with Crippen LogP contribution >= 0.6 is 11.8 Å². The number of aliphatic hydroxyl groups is 1. The van der Waals surface area contributed by atoms with E-state index in [-0.39, 0.29) is 24.7 Å². The number of benzene rings is 5. The van der Waals surface area contributed by atoms with Crippen LogP contribution in [0.1, 0.15) is 51.4 Å². The molecule has 6 heteroatoms. The first kappa shape index (κ1) is 29.9. The summed E-state index contributed by atoms with van der Waals surface area (Å²) in [5.74, 6) is 0.720. The predicted octanol–water partition coefficient (Wildman–Crippen LogP) is 8.11. The Balaban J connectivity index is 1.19. The summed E-state index contributed by atoms with van der Waals surface area (Å²) in [6.07, 6.45) is 0.100. The summed E-state index contributed by atoms with van der Waals surface area (Å²) in [5, 5.41) is 12.6. The number of hydrogen-bond donors (Lipinski definition) is 2. The van der Waals surface area contributed by atoms with Crippen molar-refractivity contribution >= 4 is 17.7 Å². The van der Waals surface area contributed by atoms with Crippen LogP contribution in [-0.2, 0) is 22.6 Å². The van der Waals surface area contributed by atoms with Crippen LogP contribution < -0.4 is 5.32 Å². The van der Waals surface area contributed by atoms with Gasteiger partial charge in [0.2, 0.25) is 0 Å². The molecule has 1 aliphatic rings. The highest BCUT2D eigenvalue weighted by atomic mass is 32.2. The van der Waals surface area contributed by atoms with Crippen molar-refractivity contribution < 1.29 is 19.4 Å². The van der Waals surface area contributed by atoms with Crippen molar-refractivity contribution in [2.45, 2.75) is 43.0 Å². The fourth-order valence-corrected chi connectivity index (χ4v) is 6.31. The van der Waals surface area contributed by atoms with Crippen LogP contribution in [0.4, 0.5) is 0 Å². The normalized spacial score (nSPS) is 18.1. The number of ether oxygens (including phenoxy) is 2. The Morgan fingerprint density at radius 3 is 2.14 bits per heavy atom. The summed E-state index contributed by atoms with van der Waals surface area (Å²) in [6, 6.07) is 44.1. The van der Waals surface area contributed by atoms with Crippen LogP contribution in [0, 0.1) is 0 Å². The highest BCUT2D eigenvalue weighted by molar-refractivity contribution is 7.99. The van der Waals surface area contributed by atoms with Gasteiger partial charge in [-0.25, -0.2) is 0 Å². The number of carbonyl (C=O) groups is 1. The molecule has 0 aliphatic carbocycles. The summed E-state index contributed by atoms with van der Waals surface area (Å²) >= 11 is 1.79. The van der Waals surface area contributed by atoms with E-state index in [1.165, 1.54) is 4.90 Å². The molecule has 0 bridgehead atoms. The Kier molecular flexibility index (Phi) is 9.85. The minimum absolute atomic E-state index is 0.00453. The van der Waals surface area contributed by atoms with Gasteiger partial charge in [0.1, 0.15) is 0 Å². The number of carbonyl (C=O) groups excluding carboxylic acids is 1. The van der Waals surface area contributed by atoms with Gasteiger partial charge in [-0.2, -0.15) is 0 Å². The van der Waals surface area contributed by atoms with E-state index in [0.29, 0.717) is 12.1 Å². The van der Waals surface area contributed by atoms with Crippen LogP contribution in [0.5, 0.6) is 0 Å². The smallest absolute Gasteiger partial charge is 0.251 e. The van der Waals surface area contributed by atoms with Gasteiger partial charge in [-0.3, -0.25) is 4.79 Å². The molecule has 0 spiro atoms. The lowest BCUT2D eigenvalue weighted by Gasteiger charge is -2.36. The van der Waals surface area contributed by atoms with Crippen molar-refractivity contribution in [1.82, 2.24) is 5.32 Å². The van der Waals surface area contributed by atoms with Crippen molar-refractivity contribution in [1.29, 1.82) is 0 Å². The van der Waals surface area contributed by atoms with Crippen LogP contribution in [-0.4, -0.2) is 22.9 Å². The van der Waals surface area contributed by atoms with Crippen LogP contribution in [0.25, 0.3) is 11.1 Å². The summed E-state index contributed by atoms with van der Waals surface area (Å²) in [4.78, 5) is 13.9. The molecule has 2 N–H and O–H groups in total. The lowest BCUT2D eigenvalue weighted by molar-refractivity contribution is -0.245. The minimum Gasteiger partial charge on any atom is -0.392 e. The quantitative estimate of drug-likeness (QED) is 0.158. The van der Waals surface area contributed by atoms with Gasteiger partial charge in [-0.15, -0.1) is 11.8 Å². The van der Waals surface area contributed by atoms with Crippen molar-refractivity contribution in [2.24, 2.45) is 0 Å². The second-order valence-corrected chi connectivity index (χ2v) is 11.9. The molecule has 3 atom stereocenters. The molecular formula is C38H35NO4S. The Labute approximate surface area is 262 Å². The van der Waals surface area contributed by atoms with Gasteiger partial charge >= 0.3 is 0 Å². The maximum absolute atomic E-state index is 12.6. The van der Waals surface area contributed by atoms with E-state index in [2.05, 4.69) is 59.9 Å². The van der Waals surface area contributed by atoms with Crippen LogP contribution in [0.3, 0.4) is 0 Å². The molecule has 0 radical (unpaired) electrons. The number of thioether (sulfide) groups is 1. The lowest BCUT2D eigenvalue weighted by Crippen LogP contribution is -2.31. The van der Waals surface area contributed by atoms with E-state index < -0.39 is 6.29 Å². The molecule has 1 heterocycles. The minimum atomic E-state index is -0.512. The molecule has 1 saturated heterocycles. The van der Waals surface area contributed by atoms with Gasteiger partial charge in [-0.05, 0) is 52.1 Å². The summed E-state index contributed by atoms with van der Waals surface area (Å²) < 4.78 is 13.1. The highest BCUT2D eigenvalue weighted by Gasteiger charge is 2.32. The number of rotatable bonds is 10. The van der Waals surface area contributed by atoms with Crippen molar-refractivity contribution in [3.8, 4) is 11.1 Å². The van der Waals surface area contributed by atoms with Crippen molar-refractivity contribution in [3.63, 3.8) is 0 Å². The fraction of sp³-hybridized carbons (Fsp3) is 0.184. The van der Waals surface area contributed by atoms with Crippen LogP contribution in [0.15, 0.2) is 138 Å². The molecule has 222 valence electrons. The average Bonchev–Trinajstić information content (AvgIpc) is 3.10. The molecule has 0 aromatic heterocycles. The second-order valence-electron chi connectivity index (χ2n) is 10.8. The third-order valence-corrected chi connectivity index (χ3v) is 8.92. The molecule has 0 unspecified atom stereocenters. The summed E-state index contributed by atoms with van der Waals surface area (Å²) in [5.41, 5.74) is 6.72. The zero-order valence-electron chi connectivity index (χ0n) is 24.3. The fourth-order valence-electron chi connectivity index (χ4n) is 5.37. The zero-order chi connectivity index (χ0) is 30.1. The maximum atomic E-state index is 12.6. The topological polar surface area (TPSA) is 67.8 Å². The Morgan fingerprint density at radius 2 is 1.41 bits per heavy atom. The molecular weight excluding hydrogens is 566 g/mol. The average molecular weight is 602 g/mol. The zero-order valence-corrected chi connectivity index (χ0v) is 25.2. The standard InChI is InChI=1S/C38H35NO4S/c40-25-27-15-17-29(18-16-27)36-23-33(26-44-34-12-5-2-6-13-34)42-38(43-36)31-21-19-28(20-22-31)35-14-8-7-11-32(35)24-39-37(41)30-9-3-1-4-10-30/h1-22,33,36,38,40H,23-26H2,(H,39,41)/t33-,36+,38+/m1/s1. The van der Waals surface area contributed by atoms with E-state index in [1.807, 2.05) is 78.9 Å². The second kappa shape index (κ2) is 14.5. The van der Waals surface area contributed by atoms with Gasteiger partial charge in [0.25, 0.3) is 5.91 Å². The molecule has 0 saturated carbocycles. The molecule has 5 aromatic carbocycles. The molecule has 5 nitrogen and oxygen atoms in total. The number of aliphatic hydroxyl groups excluding tert-OH is 1. The predicted molar refractivity (Wildman–Crippen MR) is 175 cm³/mol. The largest absolute Gasteiger partial charge is 0.392 e. The Morgan fingerprint density at radius 1 is 0.750 bits per heavy atom. The van der Waals surface area contributed by atoms with Gasteiger partial charge in [-0.1, -0.05) is 109 Å². The maximum Gasteiger partial charge on any atom is 0.251 e. The molecule has 44 heavy (non-hydrogen) atoms. The monoisotopic (exact) mass is 601 g/mol. The summed E-state index contributed by atoms with van der Waals surface area (Å²) in [6.45, 7) is 0.445. The van der Waals surface area contributed by atoms with Gasteiger partial charge in [0.05, 0.1) is 18.8 Å². The number of amides is 1. The Hall–Kier alpha value is -4.20. The van der Waals surface area contributed by atoms with E-state index in [0.717, 1.165) is 45.6 Å². The van der Waals surface area contributed by atoms with E-state index in [9.17, 15) is 9.90 Å². The first-order valence-electron chi connectivity index (χ1n) is 14.9. The lowest BCUT2D eigenvalue weighted by atomic mass is 9.97. The third-order valence-electron chi connectivity index (χ3n) is 7.78. The van der Waals surface area contributed by atoms with E-state index in [1.54, 1.807) is 11.8 Å². The SMILES string of the molecule is O=C(NCc1ccccc1-c1ccc([C@H]2O[C@@H](CSc3ccccc3)C[C@@H](c3ccc(CO)cc3)O2)cc1)c1ccccc1. The molecule has 5 aromatic rings. The highest BCUT2D eigenvalue weighted by Crippen LogP contribution is 2.40. The molecule has 6 rings (SSSR count). The van der Waals surface area contributed by atoms with E-state index in [4.69, 9.17) is 9.47 Å². The van der Waals surface area contributed by atoms with E-state index >= 15 is 0 Å². The first-order valence-corrected chi connectivity index (χ1v) is 15.8. The number of hydrogen-bond acceptors (Lipinski definition) is 5. The Bertz CT molecular complexity index is 1640. The summed E-state index contributed by atoms with van der Waals surface area (Å²) in [7, 11) is 0. The van der Waals surface area contributed by atoms with Gasteiger partial charge in [0, 0.05) is 34.7 Å². The van der Waals surface area contributed by atoms with Gasteiger partial charge < -0.3 is 19.9 Å². The molecule has 1 amide bonds. The molecule has 1 aliphatic heterocycles.